The summed E-state index contributed by atoms with van der Waals surface area (Å²) in [6, 6.07) is 6.96. The van der Waals surface area contributed by atoms with Crippen molar-refractivity contribution in [2.75, 3.05) is 17.6 Å². The van der Waals surface area contributed by atoms with E-state index in [9.17, 15) is 4.79 Å². The van der Waals surface area contributed by atoms with Crippen LogP contribution in [0.4, 0.5) is 16.2 Å². The Morgan fingerprint density at radius 3 is 2.65 bits per heavy atom. The maximum Gasteiger partial charge on any atom is 0.319 e. The molecule has 94 valence electrons. The number of hydrogen-bond donors (Lipinski definition) is 3. The van der Waals surface area contributed by atoms with E-state index < -0.39 is 0 Å². The first-order valence-electron chi connectivity index (χ1n) is 6.06. The number of rotatable bonds is 5. The van der Waals surface area contributed by atoms with E-state index in [1.54, 1.807) is 12.1 Å². The van der Waals surface area contributed by atoms with Crippen molar-refractivity contribution in [3.63, 3.8) is 0 Å². The summed E-state index contributed by atoms with van der Waals surface area (Å²) in [5.74, 6) is 0.543. The molecule has 0 saturated heterocycles. The summed E-state index contributed by atoms with van der Waals surface area (Å²) in [6.07, 6.45) is 2.16. The molecule has 0 saturated carbocycles. The van der Waals surface area contributed by atoms with E-state index >= 15 is 0 Å². The van der Waals surface area contributed by atoms with Gasteiger partial charge in [0.05, 0.1) is 0 Å². The summed E-state index contributed by atoms with van der Waals surface area (Å²) in [4.78, 5) is 11.6. The normalized spacial score (nSPS) is 10.3. The van der Waals surface area contributed by atoms with Crippen molar-refractivity contribution < 1.29 is 4.79 Å². The fourth-order valence-electron chi connectivity index (χ4n) is 1.61. The fraction of sp³-hybridized carbons (Fsp3) is 0.462. The Hall–Kier alpha value is -1.71. The van der Waals surface area contributed by atoms with Gasteiger partial charge in [0.25, 0.3) is 0 Å². The molecule has 4 N–H and O–H groups in total. The topological polar surface area (TPSA) is 67.2 Å². The molecule has 4 nitrogen and oxygen atoms in total. The molecule has 0 atom stereocenters. The lowest BCUT2D eigenvalue weighted by Crippen LogP contribution is -2.32. The van der Waals surface area contributed by atoms with E-state index in [1.165, 1.54) is 0 Å². The van der Waals surface area contributed by atoms with Crippen molar-refractivity contribution in [2.45, 2.75) is 26.7 Å². The Balaban J connectivity index is 2.39. The van der Waals surface area contributed by atoms with Crippen molar-refractivity contribution >= 4 is 17.4 Å². The minimum absolute atomic E-state index is 0.178. The molecule has 0 fully saturated rings. The van der Waals surface area contributed by atoms with Gasteiger partial charge in [-0.1, -0.05) is 32.8 Å². The van der Waals surface area contributed by atoms with Crippen LogP contribution in [0.2, 0.25) is 0 Å². The highest BCUT2D eigenvalue weighted by Crippen LogP contribution is 2.11. The molecule has 4 heteroatoms. The number of hydrogen-bond acceptors (Lipinski definition) is 2. The highest BCUT2D eigenvalue weighted by Gasteiger charge is 2.06. The van der Waals surface area contributed by atoms with Crippen LogP contribution < -0.4 is 16.4 Å². The molecule has 0 heterocycles. The van der Waals surface area contributed by atoms with Crippen LogP contribution in [0.15, 0.2) is 24.3 Å². The van der Waals surface area contributed by atoms with Gasteiger partial charge in [-0.25, -0.2) is 4.79 Å². The number of nitrogen functional groups attached to an aromatic ring is 1. The second-order valence-corrected chi connectivity index (χ2v) is 4.14. The van der Waals surface area contributed by atoms with Gasteiger partial charge < -0.3 is 16.4 Å². The molecule has 1 aromatic rings. The first-order chi connectivity index (χ1) is 8.15. The average Bonchev–Trinajstić information content (AvgIpc) is 2.30. The van der Waals surface area contributed by atoms with Gasteiger partial charge in [0, 0.05) is 17.9 Å². The number of anilines is 2. The van der Waals surface area contributed by atoms with E-state index in [1.807, 2.05) is 12.1 Å². The van der Waals surface area contributed by atoms with Gasteiger partial charge in [-0.15, -0.1) is 0 Å². The van der Waals surface area contributed by atoms with Gasteiger partial charge in [-0.2, -0.15) is 0 Å². The van der Waals surface area contributed by atoms with Crippen molar-refractivity contribution in [2.24, 2.45) is 5.92 Å². The summed E-state index contributed by atoms with van der Waals surface area (Å²) in [7, 11) is 0. The fourth-order valence-corrected chi connectivity index (χ4v) is 1.61. The second-order valence-electron chi connectivity index (χ2n) is 4.14. The Kier molecular flexibility index (Phi) is 5.33. The molecule has 0 radical (unpaired) electrons. The highest BCUT2D eigenvalue weighted by atomic mass is 16.2. The number of urea groups is 1. The third kappa shape index (κ3) is 4.76. The minimum Gasteiger partial charge on any atom is -0.399 e. The number of carbonyl (C=O) groups is 1. The zero-order chi connectivity index (χ0) is 12.7. The molecule has 1 aromatic carbocycles. The van der Waals surface area contributed by atoms with E-state index in [4.69, 9.17) is 5.73 Å². The van der Waals surface area contributed by atoms with Crippen molar-refractivity contribution in [3.05, 3.63) is 24.3 Å². The van der Waals surface area contributed by atoms with Gasteiger partial charge >= 0.3 is 6.03 Å². The van der Waals surface area contributed by atoms with E-state index in [0.717, 1.165) is 12.8 Å². The molecule has 0 aromatic heterocycles. The monoisotopic (exact) mass is 235 g/mol. The van der Waals surface area contributed by atoms with Gasteiger partial charge in [-0.05, 0) is 24.1 Å². The van der Waals surface area contributed by atoms with Crippen molar-refractivity contribution in [3.8, 4) is 0 Å². The molecule has 0 unspecified atom stereocenters. The largest absolute Gasteiger partial charge is 0.399 e. The van der Waals surface area contributed by atoms with Gasteiger partial charge in [0.2, 0.25) is 0 Å². The summed E-state index contributed by atoms with van der Waals surface area (Å²) in [5.41, 5.74) is 6.98. The molecule has 0 aliphatic carbocycles. The smallest absolute Gasteiger partial charge is 0.319 e. The van der Waals surface area contributed by atoms with Crippen molar-refractivity contribution in [1.29, 1.82) is 0 Å². The molecule has 1 rings (SSSR count). The molecule has 0 aliphatic rings. The quantitative estimate of drug-likeness (QED) is 0.687. The Bertz CT molecular complexity index is 361. The number of benzene rings is 1. The molecular weight excluding hydrogens is 214 g/mol. The maximum absolute atomic E-state index is 11.6. The van der Waals surface area contributed by atoms with Crippen LogP contribution in [0.5, 0.6) is 0 Å². The molecule has 0 aliphatic heterocycles. The summed E-state index contributed by atoms with van der Waals surface area (Å²) < 4.78 is 0. The first-order valence-corrected chi connectivity index (χ1v) is 6.06. The van der Waals surface area contributed by atoms with E-state index in [2.05, 4.69) is 24.5 Å². The van der Waals surface area contributed by atoms with Gasteiger partial charge in [-0.3, -0.25) is 0 Å². The molecule has 0 spiro atoms. The van der Waals surface area contributed by atoms with E-state index in [0.29, 0.717) is 23.8 Å². The van der Waals surface area contributed by atoms with Crippen LogP contribution in [0.1, 0.15) is 26.7 Å². The Morgan fingerprint density at radius 2 is 2.06 bits per heavy atom. The van der Waals surface area contributed by atoms with Crippen LogP contribution in [-0.4, -0.2) is 12.6 Å². The zero-order valence-electron chi connectivity index (χ0n) is 10.5. The number of amides is 2. The summed E-state index contributed by atoms with van der Waals surface area (Å²) in [5, 5.41) is 5.62. The highest BCUT2D eigenvalue weighted by molar-refractivity contribution is 5.89. The number of nitrogens with one attached hydrogen (secondary N) is 2. The number of nitrogens with two attached hydrogens (primary N) is 1. The Morgan fingerprint density at radius 1 is 1.35 bits per heavy atom. The van der Waals surface area contributed by atoms with Crippen LogP contribution in [0.3, 0.4) is 0 Å². The van der Waals surface area contributed by atoms with Gasteiger partial charge in [0.15, 0.2) is 0 Å². The van der Waals surface area contributed by atoms with Crippen LogP contribution in [0.25, 0.3) is 0 Å². The molecule has 0 bridgehead atoms. The Labute approximate surface area is 103 Å². The zero-order valence-corrected chi connectivity index (χ0v) is 10.5. The predicted molar refractivity (Wildman–Crippen MR) is 71.9 cm³/mol. The molecule has 2 amide bonds. The average molecular weight is 235 g/mol. The van der Waals surface area contributed by atoms with Crippen molar-refractivity contribution in [1.82, 2.24) is 5.32 Å². The molecule has 17 heavy (non-hydrogen) atoms. The summed E-state index contributed by atoms with van der Waals surface area (Å²) in [6.45, 7) is 4.97. The molecular formula is C13H21N3O. The predicted octanol–water partition coefficient (Wildman–Crippen LogP) is 2.83. The maximum atomic E-state index is 11.6. The van der Waals surface area contributed by atoms with Gasteiger partial charge in [0.1, 0.15) is 0 Å². The SMILES string of the molecule is CCC(CC)CNC(=O)Nc1cccc(N)c1. The third-order valence-electron chi connectivity index (χ3n) is 2.85. The second kappa shape index (κ2) is 6.78. The first kappa shape index (κ1) is 13.4. The lowest BCUT2D eigenvalue weighted by molar-refractivity contribution is 0.249. The lowest BCUT2D eigenvalue weighted by atomic mass is 10.0. The number of carbonyl (C=O) groups excluding carboxylic acids is 1. The standard InChI is InChI=1S/C13H21N3O/c1-3-10(4-2)9-15-13(17)16-12-7-5-6-11(14)8-12/h5-8,10H,3-4,9,14H2,1-2H3,(H2,15,16,17). The van der Waals surface area contributed by atoms with Crippen LogP contribution in [-0.2, 0) is 0 Å². The lowest BCUT2D eigenvalue weighted by Gasteiger charge is -2.14. The van der Waals surface area contributed by atoms with Crippen LogP contribution >= 0.6 is 0 Å². The third-order valence-corrected chi connectivity index (χ3v) is 2.85. The van der Waals surface area contributed by atoms with Crippen LogP contribution in [0, 0.1) is 5.92 Å². The summed E-state index contributed by atoms with van der Waals surface area (Å²) >= 11 is 0. The minimum atomic E-state index is -0.178. The van der Waals surface area contributed by atoms with E-state index in [-0.39, 0.29) is 6.03 Å².